The first-order valence-electron chi connectivity index (χ1n) is 9.63. The van der Waals surface area contributed by atoms with Crippen LogP contribution in [-0.2, 0) is 16.6 Å². The van der Waals surface area contributed by atoms with Crippen LogP contribution in [0.25, 0.3) is 0 Å². The van der Waals surface area contributed by atoms with Gasteiger partial charge in [-0.2, -0.15) is 0 Å². The van der Waals surface area contributed by atoms with Crippen molar-refractivity contribution in [3.8, 4) is 5.75 Å². The van der Waals surface area contributed by atoms with Crippen LogP contribution in [0.2, 0.25) is 5.02 Å². The number of esters is 1. The van der Waals surface area contributed by atoms with Crippen molar-refractivity contribution >= 4 is 51.6 Å². The molecule has 0 aliphatic heterocycles. The first-order chi connectivity index (χ1) is 15.2. The monoisotopic (exact) mass is 494 g/mol. The molecule has 1 atom stereocenters. The summed E-state index contributed by atoms with van der Waals surface area (Å²) in [4.78, 5) is 25.2. The Balaban J connectivity index is 1.61. The van der Waals surface area contributed by atoms with Crippen LogP contribution in [0.15, 0.2) is 29.4 Å². The molecule has 0 spiro atoms. The van der Waals surface area contributed by atoms with Gasteiger partial charge in [0, 0.05) is 16.9 Å². The van der Waals surface area contributed by atoms with E-state index in [1.807, 2.05) is 33.9 Å². The van der Waals surface area contributed by atoms with Crippen LogP contribution in [0.5, 0.6) is 5.75 Å². The van der Waals surface area contributed by atoms with E-state index in [4.69, 9.17) is 21.1 Å². The van der Waals surface area contributed by atoms with E-state index in [1.54, 1.807) is 22.8 Å². The summed E-state index contributed by atoms with van der Waals surface area (Å²) in [7, 11) is 3.13. The Morgan fingerprint density at radius 1 is 1.28 bits per heavy atom. The maximum atomic E-state index is 12.4. The van der Waals surface area contributed by atoms with Crippen LogP contribution >= 0.6 is 34.7 Å². The van der Waals surface area contributed by atoms with Gasteiger partial charge in [0.2, 0.25) is 5.91 Å². The number of thiophene rings is 1. The van der Waals surface area contributed by atoms with Gasteiger partial charge < -0.3 is 19.4 Å². The number of carbonyl (C=O) groups is 2. The fraction of sp³-hybridized carbons (Fsp3) is 0.333. The normalized spacial score (nSPS) is 11.8. The predicted octanol–water partition coefficient (Wildman–Crippen LogP) is 4.80. The van der Waals surface area contributed by atoms with Crippen molar-refractivity contribution in [1.82, 2.24) is 14.8 Å². The molecule has 32 heavy (non-hydrogen) atoms. The van der Waals surface area contributed by atoms with Crippen molar-refractivity contribution in [3.05, 3.63) is 51.1 Å². The highest BCUT2D eigenvalue weighted by atomic mass is 35.5. The smallest absolute Gasteiger partial charge is 0.340 e. The molecule has 2 aromatic heterocycles. The highest BCUT2D eigenvalue weighted by Gasteiger charge is 2.20. The number of halogens is 1. The van der Waals surface area contributed by atoms with Crippen molar-refractivity contribution in [2.24, 2.45) is 7.05 Å². The molecule has 0 fully saturated rings. The Morgan fingerprint density at radius 2 is 2.03 bits per heavy atom. The third kappa shape index (κ3) is 5.62. The maximum absolute atomic E-state index is 12.4. The third-order valence-corrected chi connectivity index (χ3v) is 6.93. The fourth-order valence-corrected chi connectivity index (χ4v) is 4.67. The fourth-order valence-electron chi connectivity index (χ4n) is 2.91. The second-order valence-electron chi connectivity index (χ2n) is 7.00. The van der Waals surface area contributed by atoms with E-state index in [2.05, 4.69) is 15.5 Å². The lowest BCUT2D eigenvalue weighted by atomic mass is 10.2. The number of nitrogens with zero attached hydrogens (tertiary/aromatic N) is 3. The summed E-state index contributed by atoms with van der Waals surface area (Å²) in [5.41, 5.74) is 1.27. The van der Waals surface area contributed by atoms with Crippen molar-refractivity contribution in [1.29, 1.82) is 0 Å². The standard InChI is InChI=1S/C21H23ClN4O4S2/c1-11-8-14(6-7-16(11)22)30-13(3)18-24-25-21(26(18)4)31-10-17(27)23-19-15(20(28)29-5)9-12(2)32-19/h6-9,13H,10H2,1-5H3,(H,23,27). The van der Waals surface area contributed by atoms with Crippen molar-refractivity contribution in [2.75, 3.05) is 18.2 Å². The molecule has 8 nitrogen and oxygen atoms in total. The van der Waals surface area contributed by atoms with Gasteiger partial charge >= 0.3 is 5.97 Å². The van der Waals surface area contributed by atoms with Gasteiger partial charge in [-0.25, -0.2) is 4.79 Å². The average molecular weight is 495 g/mol. The number of carbonyl (C=O) groups excluding carboxylic acids is 2. The molecule has 1 unspecified atom stereocenters. The number of aryl methyl sites for hydroxylation is 2. The molecule has 170 valence electrons. The lowest BCUT2D eigenvalue weighted by Gasteiger charge is -2.15. The van der Waals surface area contributed by atoms with E-state index in [9.17, 15) is 9.59 Å². The van der Waals surface area contributed by atoms with Gasteiger partial charge in [-0.15, -0.1) is 21.5 Å². The van der Waals surface area contributed by atoms with Gasteiger partial charge in [0.05, 0.1) is 18.4 Å². The first kappa shape index (κ1) is 24.1. The summed E-state index contributed by atoms with van der Waals surface area (Å²) in [6.45, 7) is 5.65. The molecule has 0 saturated carbocycles. The predicted molar refractivity (Wildman–Crippen MR) is 126 cm³/mol. The Bertz CT molecular complexity index is 1150. The van der Waals surface area contributed by atoms with Crippen molar-refractivity contribution in [2.45, 2.75) is 32.0 Å². The number of amides is 1. The summed E-state index contributed by atoms with van der Waals surface area (Å²) < 4.78 is 12.5. The second kappa shape index (κ2) is 10.4. The highest BCUT2D eigenvalue weighted by molar-refractivity contribution is 7.99. The number of nitrogens with one attached hydrogen (secondary N) is 1. The second-order valence-corrected chi connectivity index (χ2v) is 9.61. The van der Waals surface area contributed by atoms with Crippen LogP contribution in [0.1, 0.15) is 39.7 Å². The Morgan fingerprint density at radius 3 is 2.72 bits per heavy atom. The highest BCUT2D eigenvalue weighted by Crippen LogP contribution is 2.29. The number of ether oxygens (including phenoxy) is 2. The summed E-state index contributed by atoms with van der Waals surface area (Å²) in [6.07, 6.45) is -0.354. The number of hydrogen-bond donors (Lipinski definition) is 1. The molecule has 0 aliphatic rings. The summed E-state index contributed by atoms with van der Waals surface area (Å²) >= 11 is 8.63. The third-order valence-electron chi connectivity index (χ3n) is 4.52. The van der Waals surface area contributed by atoms with Crippen LogP contribution in [-0.4, -0.2) is 39.5 Å². The number of rotatable bonds is 8. The van der Waals surface area contributed by atoms with Crippen LogP contribution in [0, 0.1) is 13.8 Å². The molecule has 0 saturated heterocycles. The number of aromatic nitrogens is 3. The van der Waals surface area contributed by atoms with Gasteiger partial charge in [-0.3, -0.25) is 4.79 Å². The first-order valence-corrected chi connectivity index (χ1v) is 11.8. The minimum absolute atomic E-state index is 0.106. The van der Waals surface area contributed by atoms with Crippen LogP contribution < -0.4 is 10.1 Å². The summed E-state index contributed by atoms with van der Waals surface area (Å²) in [6, 6.07) is 7.15. The quantitative estimate of drug-likeness (QED) is 0.355. The molecule has 1 N–H and O–H groups in total. The SMILES string of the molecule is COC(=O)c1cc(C)sc1NC(=O)CSc1nnc(C(C)Oc2ccc(Cl)c(C)c2)n1C. The number of anilines is 1. The molecule has 0 radical (unpaired) electrons. The van der Waals surface area contributed by atoms with E-state index in [0.29, 0.717) is 32.3 Å². The van der Waals surface area contributed by atoms with E-state index in [-0.39, 0.29) is 17.8 Å². The van der Waals surface area contributed by atoms with Gasteiger partial charge in [0.25, 0.3) is 0 Å². The van der Waals surface area contributed by atoms with E-state index >= 15 is 0 Å². The van der Waals surface area contributed by atoms with E-state index in [0.717, 1.165) is 10.4 Å². The van der Waals surface area contributed by atoms with E-state index in [1.165, 1.54) is 30.2 Å². The van der Waals surface area contributed by atoms with Crippen LogP contribution in [0.3, 0.4) is 0 Å². The molecular formula is C21H23ClN4O4S2. The zero-order valence-electron chi connectivity index (χ0n) is 18.3. The molecule has 11 heteroatoms. The minimum Gasteiger partial charge on any atom is -0.483 e. The molecule has 0 aliphatic carbocycles. The largest absolute Gasteiger partial charge is 0.483 e. The van der Waals surface area contributed by atoms with Crippen LogP contribution in [0.4, 0.5) is 5.00 Å². The molecule has 1 aromatic carbocycles. The number of methoxy groups -OCH3 is 1. The molecule has 3 rings (SSSR count). The molecule has 0 bridgehead atoms. The van der Waals surface area contributed by atoms with Crippen molar-refractivity contribution in [3.63, 3.8) is 0 Å². The van der Waals surface area contributed by atoms with Gasteiger partial charge in [-0.05, 0) is 50.6 Å². The summed E-state index contributed by atoms with van der Waals surface area (Å²) in [5, 5.41) is 12.9. The van der Waals surface area contributed by atoms with Crippen molar-refractivity contribution < 1.29 is 19.1 Å². The molecule has 2 heterocycles. The lowest BCUT2D eigenvalue weighted by molar-refractivity contribution is -0.113. The molecular weight excluding hydrogens is 472 g/mol. The summed E-state index contributed by atoms with van der Waals surface area (Å²) in [5.74, 6) is 0.674. The number of hydrogen-bond acceptors (Lipinski definition) is 8. The Hall–Kier alpha value is -2.56. The zero-order valence-corrected chi connectivity index (χ0v) is 20.7. The lowest BCUT2D eigenvalue weighted by Crippen LogP contribution is -2.16. The molecule has 1 amide bonds. The van der Waals surface area contributed by atoms with E-state index < -0.39 is 5.97 Å². The zero-order chi connectivity index (χ0) is 23.4. The average Bonchev–Trinajstić information content (AvgIpc) is 3.30. The number of thioether (sulfide) groups is 1. The van der Waals surface area contributed by atoms with Gasteiger partial charge in [-0.1, -0.05) is 23.4 Å². The molecule has 3 aromatic rings. The number of benzene rings is 1. The minimum atomic E-state index is -0.486. The van der Waals surface area contributed by atoms with Gasteiger partial charge in [0.15, 0.2) is 17.1 Å². The topological polar surface area (TPSA) is 95.3 Å². The maximum Gasteiger partial charge on any atom is 0.340 e. The Kier molecular flexibility index (Phi) is 7.81. The van der Waals surface area contributed by atoms with Gasteiger partial charge in [0.1, 0.15) is 10.8 Å². The Labute approximate surface area is 199 Å².